The number of alkyl halides is 3. The van der Waals surface area contributed by atoms with Gasteiger partial charge in [-0.15, -0.1) is 0 Å². The number of amides is 2. The van der Waals surface area contributed by atoms with Gasteiger partial charge in [-0.25, -0.2) is 9.18 Å². The van der Waals surface area contributed by atoms with Crippen LogP contribution in [-0.2, 0) is 4.79 Å². The quantitative estimate of drug-likeness (QED) is 0.823. The molecule has 1 aromatic rings. The van der Waals surface area contributed by atoms with Crippen LogP contribution in [0.4, 0.5) is 28.0 Å². The molecule has 0 saturated carbocycles. The summed E-state index contributed by atoms with van der Waals surface area (Å²) in [5, 5.41) is 11.2. The zero-order valence-electron chi connectivity index (χ0n) is 11.1. The third-order valence-electron chi connectivity index (χ3n) is 3.44. The van der Waals surface area contributed by atoms with E-state index in [1.165, 1.54) is 12.1 Å². The highest BCUT2D eigenvalue weighted by atomic mass is 19.4. The fourth-order valence-corrected chi connectivity index (χ4v) is 2.29. The number of benzene rings is 1. The number of carbonyl (C=O) groups is 2. The first-order chi connectivity index (χ1) is 10.2. The Morgan fingerprint density at radius 2 is 1.77 bits per heavy atom. The van der Waals surface area contributed by atoms with Gasteiger partial charge in [0.1, 0.15) is 5.82 Å². The Morgan fingerprint density at radius 1 is 1.18 bits per heavy atom. The third kappa shape index (κ3) is 3.46. The van der Waals surface area contributed by atoms with Gasteiger partial charge in [0, 0.05) is 18.8 Å². The van der Waals surface area contributed by atoms with Gasteiger partial charge in [0.05, 0.1) is 11.8 Å². The summed E-state index contributed by atoms with van der Waals surface area (Å²) >= 11 is 0. The van der Waals surface area contributed by atoms with E-state index < -0.39 is 48.9 Å². The average Bonchev–Trinajstić information content (AvgIpc) is 2.86. The highest BCUT2D eigenvalue weighted by Crippen LogP contribution is 2.37. The van der Waals surface area contributed by atoms with Crippen LogP contribution in [0.25, 0.3) is 0 Å². The molecule has 0 aliphatic carbocycles. The van der Waals surface area contributed by atoms with E-state index in [2.05, 4.69) is 5.32 Å². The second kappa shape index (κ2) is 5.82. The van der Waals surface area contributed by atoms with Crippen molar-refractivity contribution in [3.05, 3.63) is 30.1 Å². The lowest BCUT2D eigenvalue weighted by Crippen LogP contribution is -2.35. The topological polar surface area (TPSA) is 69.6 Å². The number of nitrogens with one attached hydrogen (secondary N) is 1. The highest BCUT2D eigenvalue weighted by Gasteiger charge is 2.53. The van der Waals surface area contributed by atoms with Crippen LogP contribution in [0.3, 0.4) is 0 Å². The van der Waals surface area contributed by atoms with E-state index in [9.17, 15) is 27.2 Å². The molecule has 2 amide bonds. The molecule has 0 unspecified atom stereocenters. The van der Waals surface area contributed by atoms with Crippen molar-refractivity contribution in [1.29, 1.82) is 0 Å². The monoisotopic (exact) mass is 320 g/mol. The number of carboxylic acids is 1. The van der Waals surface area contributed by atoms with Crippen molar-refractivity contribution in [2.24, 2.45) is 11.8 Å². The zero-order chi connectivity index (χ0) is 16.5. The van der Waals surface area contributed by atoms with Crippen LogP contribution in [0.1, 0.15) is 0 Å². The summed E-state index contributed by atoms with van der Waals surface area (Å²) in [6.07, 6.45) is -4.70. The van der Waals surface area contributed by atoms with E-state index in [1.54, 1.807) is 0 Å². The van der Waals surface area contributed by atoms with E-state index in [-0.39, 0.29) is 5.69 Å². The molecule has 22 heavy (non-hydrogen) atoms. The summed E-state index contributed by atoms with van der Waals surface area (Å²) in [4.78, 5) is 23.6. The van der Waals surface area contributed by atoms with Crippen LogP contribution in [0.15, 0.2) is 24.3 Å². The van der Waals surface area contributed by atoms with Crippen LogP contribution < -0.4 is 5.32 Å². The number of urea groups is 1. The molecule has 1 aliphatic heterocycles. The third-order valence-corrected chi connectivity index (χ3v) is 3.44. The Kier molecular flexibility index (Phi) is 4.25. The maximum absolute atomic E-state index is 12.8. The molecule has 2 N–H and O–H groups in total. The van der Waals surface area contributed by atoms with E-state index >= 15 is 0 Å². The number of likely N-dealkylation sites (tertiary alicyclic amines) is 1. The predicted octanol–water partition coefficient (Wildman–Crippen LogP) is 2.55. The molecule has 2 rings (SSSR count). The fourth-order valence-electron chi connectivity index (χ4n) is 2.29. The number of carbonyl (C=O) groups excluding carboxylic acids is 1. The first-order valence-electron chi connectivity index (χ1n) is 6.29. The first-order valence-corrected chi connectivity index (χ1v) is 6.29. The Balaban J connectivity index is 2.08. The van der Waals surface area contributed by atoms with Crippen molar-refractivity contribution >= 4 is 17.7 Å². The Morgan fingerprint density at radius 3 is 2.23 bits per heavy atom. The smallest absolute Gasteiger partial charge is 0.394 e. The van der Waals surface area contributed by atoms with Gasteiger partial charge in [-0.2, -0.15) is 13.2 Å². The second-order valence-electron chi connectivity index (χ2n) is 4.93. The van der Waals surface area contributed by atoms with Crippen molar-refractivity contribution in [2.75, 3.05) is 18.4 Å². The van der Waals surface area contributed by atoms with Crippen LogP contribution in [0.2, 0.25) is 0 Å². The SMILES string of the molecule is O=C(O)[C@@H]1CN(C(=O)Nc2ccc(F)cc2)C[C@H]1C(F)(F)F. The second-order valence-corrected chi connectivity index (χ2v) is 4.93. The van der Waals surface area contributed by atoms with Gasteiger partial charge in [0.15, 0.2) is 0 Å². The minimum Gasteiger partial charge on any atom is -0.481 e. The van der Waals surface area contributed by atoms with E-state index in [0.29, 0.717) is 0 Å². The summed E-state index contributed by atoms with van der Waals surface area (Å²) in [5.74, 6) is -5.93. The zero-order valence-corrected chi connectivity index (χ0v) is 11.1. The molecule has 5 nitrogen and oxygen atoms in total. The molecule has 0 radical (unpaired) electrons. The maximum Gasteiger partial charge on any atom is 0.394 e. The summed E-state index contributed by atoms with van der Waals surface area (Å²) in [6, 6.07) is 3.80. The molecule has 1 aromatic carbocycles. The van der Waals surface area contributed by atoms with Gasteiger partial charge in [0.25, 0.3) is 0 Å². The van der Waals surface area contributed by atoms with Gasteiger partial charge in [-0.1, -0.05) is 0 Å². The number of carboxylic acid groups (broad SMARTS) is 1. The lowest BCUT2D eigenvalue weighted by Gasteiger charge is -2.18. The Labute approximate surface area is 122 Å². The molecule has 2 atom stereocenters. The molecule has 1 fully saturated rings. The van der Waals surface area contributed by atoms with Crippen LogP contribution in [0, 0.1) is 17.7 Å². The van der Waals surface area contributed by atoms with Gasteiger partial charge < -0.3 is 15.3 Å². The lowest BCUT2D eigenvalue weighted by atomic mass is 9.96. The standard InChI is InChI=1S/C13H12F4N2O3/c14-7-1-3-8(4-2-7)18-12(22)19-5-9(11(20)21)10(6-19)13(15,16)17/h1-4,9-10H,5-6H2,(H,18,22)(H,20,21)/t9-,10-/m1/s1. The van der Waals surface area contributed by atoms with Crippen molar-refractivity contribution < 1.29 is 32.3 Å². The number of aliphatic carboxylic acids is 1. The minimum absolute atomic E-state index is 0.203. The van der Waals surface area contributed by atoms with Crippen molar-refractivity contribution in [1.82, 2.24) is 4.90 Å². The van der Waals surface area contributed by atoms with Crippen LogP contribution >= 0.6 is 0 Å². The summed E-state index contributed by atoms with van der Waals surface area (Å²) in [5.41, 5.74) is 0.203. The van der Waals surface area contributed by atoms with Gasteiger partial charge in [0.2, 0.25) is 0 Å². The van der Waals surface area contributed by atoms with Gasteiger partial charge >= 0.3 is 18.2 Å². The van der Waals surface area contributed by atoms with Crippen molar-refractivity contribution in [2.45, 2.75) is 6.18 Å². The van der Waals surface area contributed by atoms with E-state index in [1.807, 2.05) is 0 Å². The highest BCUT2D eigenvalue weighted by molar-refractivity contribution is 5.90. The average molecular weight is 320 g/mol. The molecular formula is C13H12F4N2O3. The lowest BCUT2D eigenvalue weighted by molar-refractivity contribution is -0.187. The number of hydrogen-bond donors (Lipinski definition) is 2. The number of halogens is 4. The summed E-state index contributed by atoms with van der Waals surface area (Å²) < 4.78 is 51.2. The van der Waals surface area contributed by atoms with Gasteiger partial charge in [-0.05, 0) is 24.3 Å². The normalized spacial score (nSPS) is 21.7. The van der Waals surface area contributed by atoms with Crippen LogP contribution in [0.5, 0.6) is 0 Å². The number of rotatable bonds is 2. The molecule has 0 spiro atoms. The molecule has 120 valence electrons. The Bertz CT molecular complexity index is 574. The van der Waals surface area contributed by atoms with Crippen molar-refractivity contribution in [3.8, 4) is 0 Å². The Hall–Kier alpha value is -2.32. The maximum atomic E-state index is 12.8. The van der Waals surface area contributed by atoms with Crippen LogP contribution in [-0.4, -0.2) is 41.3 Å². The molecular weight excluding hydrogens is 308 g/mol. The molecule has 0 bridgehead atoms. The molecule has 1 aliphatic rings. The summed E-state index contributed by atoms with van der Waals surface area (Å²) in [6.45, 7) is -1.26. The first kappa shape index (κ1) is 16.1. The molecule has 1 saturated heterocycles. The largest absolute Gasteiger partial charge is 0.481 e. The van der Waals surface area contributed by atoms with Crippen molar-refractivity contribution in [3.63, 3.8) is 0 Å². The molecule has 1 heterocycles. The molecule has 9 heteroatoms. The van der Waals surface area contributed by atoms with E-state index in [4.69, 9.17) is 5.11 Å². The summed E-state index contributed by atoms with van der Waals surface area (Å²) in [7, 11) is 0. The van der Waals surface area contributed by atoms with E-state index in [0.717, 1.165) is 17.0 Å². The van der Waals surface area contributed by atoms with Gasteiger partial charge in [-0.3, -0.25) is 4.79 Å². The molecule has 0 aromatic heterocycles. The number of nitrogens with zero attached hydrogens (tertiary/aromatic N) is 1. The minimum atomic E-state index is -4.70. The fraction of sp³-hybridized carbons (Fsp3) is 0.385. The number of anilines is 1. The number of hydrogen-bond acceptors (Lipinski definition) is 2. The predicted molar refractivity (Wildman–Crippen MR) is 67.7 cm³/mol.